The molecule has 5 nitrogen and oxygen atoms in total. The lowest BCUT2D eigenvalue weighted by atomic mass is 10.2. The number of hydrogen-bond acceptors (Lipinski definition) is 4. The Morgan fingerprint density at radius 3 is 2.47 bits per heavy atom. The molecule has 0 unspecified atom stereocenters. The molecule has 0 atom stereocenters. The quantitative estimate of drug-likeness (QED) is 0.762. The van der Waals surface area contributed by atoms with Gasteiger partial charge in [0.25, 0.3) is 0 Å². The van der Waals surface area contributed by atoms with Crippen molar-refractivity contribution < 1.29 is 19.1 Å². The average molecular weight is 258 g/mol. The van der Waals surface area contributed by atoms with Gasteiger partial charge in [-0.05, 0) is 18.2 Å². The Kier molecular flexibility index (Phi) is 4.34. The molecule has 1 aromatic rings. The van der Waals surface area contributed by atoms with Crippen molar-refractivity contribution in [1.82, 2.24) is 4.90 Å². The molecule has 0 aliphatic carbocycles. The van der Waals surface area contributed by atoms with Crippen molar-refractivity contribution >= 4 is 23.7 Å². The number of halogens is 1. The van der Waals surface area contributed by atoms with Gasteiger partial charge in [-0.15, -0.1) is 0 Å². The number of ether oxygens (including phenoxy) is 2. The fourth-order valence-corrected chi connectivity index (χ4v) is 1.17. The lowest BCUT2D eigenvalue weighted by molar-refractivity contribution is 0.0600. The van der Waals surface area contributed by atoms with E-state index in [0.29, 0.717) is 0 Å². The Hall–Kier alpha value is -1.75. The first kappa shape index (κ1) is 13.3. The van der Waals surface area contributed by atoms with Gasteiger partial charge in [0.15, 0.2) is 5.75 Å². The molecule has 17 heavy (non-hydrogen) atoms. The fourth-order valence-electron chi connectivity index (χ4n) is 1.01. The minimum absolute atomic E-state index is 0.119. The van der Waals surface area contributed by atoms with E-state index in [1.807, 2.05) is 0 Å². The minimum Gasteiger partial charge on any atom is -0.465 e. The number of methoxy groups -OCH3 is 1. The van der Waals surface area contributed by atoms with Crippen molar-refractivity contribution in [3.05, 3.63) is 28.8 Å². The predicted octanol–water partition coefficient (Wildman–Crippen LogP) is 2.19. The van der Waals surface area contributed by atoms with Gasteiger partial charge < -0.3 is 14.4 Å². The van der Waals surface area contributed by atoms with Crippen LogP contribution < -0.4 is 4.74 Å². The van der Waals surface area contributed by atoms with Crippen molar-refractivity contribution in [3.8, 4) is 5.75 Å². The Labute approximate surface area is 104 Å². The number of nitrogens with zero attached hydrogens (tertiary/aromatic N) is 1. The van der Waals surface area contributed by atoms with E-state index in [0.717, 1.165) is 0 Å². The second-order valence-electron chi connectivity index (χ2n) is 3.40. The maximum Gasteiger partial charge on any atom is 0.414 e. The molecule has 0 heterocycles. The minimum atomic E-state index is -0.575. The molecular weight excluding hydrogens is 246 g/mol. The van der Waals surface area contributed by atoms with Crippen molar-refractivity contribution in [2.45, 2.75) is 0 Å². The zero-order valence-electron chi connectivity index (χ0n) is 9.69. The zero-order valence-corrected chi connectivity index (χ0v) is 10.4. The summed E-state index contributed by atoms with van der Waals surface area (Å²) in [4.78, 5) is 23.9. The second-order valence-corrected chi connectivity index (χ2v) is 3.81. The van der Waals surface area contributed by atoms with Crippen molar-refractivity contribution in [3.63, 3.8) is 0 Å². The van der Waals surface area contributed by atoms with Gasteiger partial charge in [0.1, 0.15) is 0 Å². The number of hydrogen-bond donors (Lipinski definition) is 0. The van der Waals surface area contributed by atoms with Gasteiger partial charge in [0, 0.05) is 14.1 Å². The maximum atomic E-state index is 11.3. The smallest absolute Gasteiger partial charge is 0.414 e. The van der Waals surface area contributed by atoms with Crippen LogP contribution in [-0.4, -0.2) is 38.2 Å². The van der Waals surface area contributed by atoms with Crippen LogP contribution in [0.2, 0.25) is 5.02 Å². The monoisotopic (exact) mass is 257 g/mol. The third-order valence-electron chi connectivity index (χ3n) is 1.91. The van der Waals surface area contributed by atoms with Crippen LogP contribution in [0.1, 0.15) is 10.4 Å². The third kappa shape index (κ3) is 3.35. The van der Waals surface area contributed by atoms with E-state index < -0.39 is 12.1 Å². The largest absolute Gasteiger partial charge is 0.465 e. The van der Waals surface area contributed by atoms with Gasteiger partial charge in [-0.25, -0.2) is 9.59 Å². The maximum absolute atomic E-state index is 11.3. The number of carbonyl (C=O) groups excluding carboxylic acids is 2. The van der Waals surface area contributed by atoms with E-state index in [9.17, 15) is 9.59 Å². The van der Waals surface area contributed by atoms with Crippen molar-refractivity contribution in [2.24, 2.45) is 0 Å². The summed E-state index contributed by atoms with van der Waals surface area (Å²) in [5.74, 6) is -0.405. The summed E-state index contributed by atoms with van der Waals surface area (Å²) >= 11 is 5.84. The third-order valence-corrected chi connectivity index (χ3v) is 2.23. The van der Waals surface area contributed by atoms with Crippen LogP contribution in [0.15, 0.2) is 18.2 Å². The van der Waals surface area contributed by atoms with E-state index in [2.05, 4.69) is 4.74 Å². The lowest BCUT2D eigenvalue weighted by Crippen LogP contribution is -2.25. The second kappa shape index (κ2) is 5.54. The average Bonchev–Trinajstić information content (AvgIpc) is 2.30. The molecule has 92 valence electrons. The molecule has 0 bridgehead atoms. The van der Waals surface area contributed by atoms with Crippen LogP contribution in [0, 0.1) is 0 Å². The molecule has 0 aliphatic heterocycles. The van der Waals surface area contributed by atoms with E-state index >= 15 is 0 Å². The van der Waals surface area contributed by atoms with Gasteiger partial charge in [0.2, 0.25) is 0 Å². The van der Waals surface area contributed by atoms with Crippen LogP contribution in [0.3, 0.4) is 0 Å². The Balaban J connectivity index is 2.99. The van der Waals surface area contributed by atoms with Crippen molar-refractivity contribution in [2.75, 3.05) is 21.2 Å². The molecular formula is C11H12ClNO4. The molecule has 0 radical (unpaired) electrons. The van der Waals surface area contributed by atoms with Gasteiger partial charge in [-0.2, -0.15) is 0 Å². The Morgan fingerprint density at radius 2 is 1.94 bits per heavy atom. The highest BCUT2D eigenvalue weighted by molar-refractivity contribution is 6.32. The lowest BCUT2D eigenvalue weighted by Gasteiger charge is -2.12. The number of benzene rings is 1. The Morgan fingerprint density at radius 1 is 1.29 bits per heavy atom. The number of amides is 1. The van der Waals surface area contributed by atoms with Crippen LogP contribution in [0.5, 0.6) is 5.75 Å². The summed E-state index contributed by atoms with van der Waals surface area (Å²) in [5, 5.41) is 0.243. The molecule has 0 aliphatic rings. The molecule has 0 N–H and O–H groups in total. The molecule has 0 fully saturated rings. The molecule has 0 aromatic heterocycles. The summed E-state index contributed by atoms with van der Waals surface area (Å²) in [6.45, 7) is 0. The first-order valence-electron chi connectivity index (χ1n) is 4.72. The van der Waals surface area contributed by atoms with Crippen LogP contribution in [0.4, 0.5) is 4.79 Å². The van der Waals surface area contributed by atoms with E-state index in [-0.39, 0.29) is 16.3 Å². The highest BCUT2D eigenvalue weighted by Crippen LogP contribution is 2.26. The number of esters is 1. The van der Waals surface area contributed by atoms with Gasteiger partial charge >= 0.3 is 12.1 Å². The molecule has 1 rings (SSSR count). The standard InChI is InChI=1S/C11H12ClNO4/c1-13(2)11(15)17-9-6-7(10(14)16-3)4-5-8(9)12/h4-6H,1-3H3. The predicted molar refractivity (Wildman–Crippen MR) is 62.5 cm³/mol. The van der Waals surface area contributed by atoms with E-state index in [1.165, 1.54) is 30.2 Å². The summed E-state index contributed by atoms with van der Waals surface area (Å²) < 4.78 is 9.54. The molecule has 1 amide bonds. The first-order chi connectivity index (χ1) is 7.95. The summed E-state index contributed by atoms with van der Waals surface area (Å²) in [7, 11) is 4.35. The molecule has 0 spiro atoms. The fraction of sp³-hybridized carbons (Fsp3) is 0.273. The summed E-state index contributed by atoms with van der Waals surface area (Å²) in [6.07, 6.45) is -0.575. The first-order valence-corrected chi connectivity index (χ1v) is 5.10. The highest BCUT2D eigenvalue weighted by atomic mass is 35.5. The van der Waals surface area contributed by atoms with Crippen molar-refractivity contribution in [1.29, 1.82) is 0 Å². The van der Waals surface area contributed by atoms with Crippen LogP contribution in [-0.2, 0) is 4.74 Å². The van der Waals surface area contributed by atoms with Crippen LogP contribution in [0.25, 0.3) is 0 Å². The topological polar surface area (TPSA) is 55.8 Å². The van der Waals surface area contributed by atoms with Crippen LogP contribution >= 0.6 is 11.6 Å². The van der Waals surface area contributed by atoms with E-state index in [1.54, 1.807) is 14.1 Å². The number of carbonyl (C=O) groups is 2. The molecule has 0 saturated carbocycles. The highest BCUT2D eigenvalue weighted by Gasteiger charge is 2.13. The Bertz CT molecular complexity index is 445. The normalized spacial score (nSPS) is 9.65. The molecule has 0 saturated heterocycles. The molecule has 6 heteroatoms. The van der Waals surface area contributed by atoms with Gasteiger partial charge in [-0.3, -0.25) is 0 Å². The SMILES string of the molecule is COC(=O)c1ccc(Cl)c(OC(=O)N(C)C)c1. The summed E-state index contributed by atoms with van der Waals surface area (Å²) in [5.41, 5.74) is 0.262. The zero-order chi connectivity index (χ0) is 13.0. The van der Waals surface area contributed by atoms with E-state index in [4.69, 9.17) is 16.3 Å². The number of rotatable bonds is 2. The summed E-state index contributed by atoms with van der Waals surface area (Å²) in [6, 6.07) is 4.31. The van der Waals surface area contributed by atoms with Gasteiger partial charge in [-0.1, -0.05) is 11.6 Å². The molecule has 1 aromatic carbocycles. The van der Waals surface area contributed by atoms with Gasteiger partial charge in [0.05, 0.1) is 17.7 Å².